The molecule has 2 rings (SSSR count). The maximum absolute atomic E-state index is 13.5. The van der Waals surface area contributed by atoms with Crippen molar-refractivity contribution >= 4 is 63.5 Å². The Morgan fingerprint density at radius 1 is 1.39 bits per heavy atom. The SMILES string of the molecule is CC(Cl)c1ccc2cc(Br)c([C](F)(F)[Po])cc2n1. The first kappa shape index (κ1) is 14.6. The van der Waals surface area contributed by atoms with Crippen molar-refractivity contribution in [3.63, 3.8) is 0 Å². The van der Waals surface area contributed by atoms with Crippen LogP contribution in [0.25, 0.3) is 10.9 Å². The third kappa shape index (κ3) is 3.00. The van der Waals surface area contributed by atoms with E-state index in [0.717, 1.165) is 5.39 Å². The number of benzene rings is 1. The summed E-state index contributed by atoms with van der Waals surface area (Å²) >= 11 is 9.34. The average molecular weight is 529 g/mol. The van der Waals surface area contributed by atoms with Gasteiger partial charge in [0.1, 0.15) is 0 Å². The first-order valence-corrected chi connectivity index (χ1v) is 7.93. The van der Waals surface area contributed by atoms with Crippen LogP contribution < -0.4 is 0 Å². The molecule has 95 valence electrons. The molecule has 1 heterocycles. The molecule has 0 bridgehead atoms. The van der Waals surface area contributed by atoms with Crippen molar-refractivity contribution in [1.29, 1.82) is 0 Å². The second kappa shape index (κ2) is 5.27. The van der Waals surface area contributed by atoms with Gasteiger partial charge in [0.05, 0.1) is 0 Å². The molecule has 1 atom stereocenters. The van der Waals surface area contributed by atoms with Gasteiger partial charge in [0.15, 0.2) is 0 Å². The Hall–Kier alpha value is 0.156. The third-order valence-electron chi connectivity index (χ3n) is 2.52. The quantitative estimate of drug-likeness (QED) is 0.523. The third-order valence-corrected chi connectivity index (χ3v) is 4.26. The van der Waals surface area contributed by atoms with Gasteiger partial charge in [-0.1, -0.05) is 0 Å². The predicted molar refractivity (Wildman–Crippen MR) is 73.4 cm³/mol. The molecule has 1 aromatic heterocycles. The number of rotatable bonds is 2. The molecular formula is C12H8BrClF2NPo. The topological polar surface area (TPSA) is 12.9 Å². The fourth-order valence-corrected chi connectivity index (χ4v) is 3.55. The second-order valence-electron chi connectivity index (χ2n) is 3.89. The van der Waals surface area contributed by atoms with E-state index in [1.165, 1.54) is 6.07 Å². The van der Waals surface area contributed by atoms with Crippen molar-refractivity contribution in [2.75, 3.05) is 0 Å². The van der Waals surface area contributed by atoms with Crippen LogP contribution in [0.2, 0.25) is 0 Å². The fraction of sp³-hybridized carbons (Fsp3) is 0.250. The zero-order valence-electron chi connectivity index (χ0n) is 9.25. The number of hydrogen-bond acceptors (Lipinski definition) is 1. The van der Waals surface area contributed by atoms with E-state index in [2.05, 4.69) is 20.9 Å². The molecular weight excluding hydrogens is 520 g/mol. The number of fused-ring (bicyclic) bond motifs is 1. The minimum absolute atomic E-state index is 0.0307. The Morgan fingerprint density at radius 3 is 2.61 bits per heavy atom. The Balaban J connectivity index is 2.67. The van der Waals surface area contributed by atoms with Crippen molar-refractivity contribution in [3.05, 3.63) is 40.0 Å². The number of halogens is 4. The molecule has 0 aliphatic heterocycles. The van der Waals surface area contributed by atoms with Crippen LogP contribution >= 0.6 is 27.5 Å². The molecule has 1 unspecified atom stereocenters. The van der Waals surface area contributed by atoms with E-state index >= 15 is 0 Å². The molecule has 1 nitrogen and oxygen atoms in total. The van der Waals surface area contributed by atoms with Crippen LogP contribution in [-0.4, -0.2) is 30.1 Å². The van der Waals surface area contributed by atoms with Crippen LogP contribution in [-0.2, 0) is 3.58 Å². The summed E-state index contributed by atoms with van der Waals surface area (Å²) in [5, 5.41) is 0.570. The van der Waals surface area contributed by atoms with Crippen LogP contribution in [0.3, 0.4) is 0 Å². The molecule has 1 aromatic carbocycles. The molecule has 0 saturated carbocycles. The maximum atomic E-state index is 13.5. The molecule has 0 aliphatic carbocycles. The second-order valence-corrected chi connectivity index (χ2v) is 7.40. The van der Waals surface area contributed by atoms with Crippen LogP contribution in [0.1, 0.15) is 23.6 Å². The summed E-state index contributed by atoms with van der Waals surface area (Å²) in [7, 11) is 0. The van der Waals surface area contributed by atoms with Crippen LogP contribution in [0.5, 0.6) is 0 Å². The summed E-state index contributed by atoms with van der Waals surface area (Å²) in [5.74, 6) is 0. The molecule has 1 radical (unpaired) electrons. The zero-order valence-corrected chi connectivity index (χ0v) is 14.8. The van der Waals surface area contributed by atoms with Crippen molar-refractivity contribution in [2.24, 2.45) is 0 Å². The first-order valence-electron chi connectivity index (χ1n) is 5.12. The summed E-state index contributed by atoms with van der Waals surface area (Å²) in [6.07, 6.45) is 0. The van der Waals surface area contributed by atoms with Crippen molar-refractivity contribution < 1.29 is 8.78 Å². The monoisotopic (exact) mass is 527 g/mol. The molecule has 0 N–H and O–H groups in total. The normalized spacial score (nSPS) is 13.9. The summed E-state index contributed by atoms with van der Waals surface area (Å²) in [6, 6.07) is 6.74. The van der Waals surface area contributed by atoms with E-state index < -0.39 is 3.58 Å². The van der Waals surface area contributed by atoms with Gasteiger partial charge in [0.2, 0.25) is 0 Å². The fourth-order valence-electron chi connectivity index (χ4n) is 1.60. The number of aromatic nitrogens is 1. The summed E-state index contributed by atoms with van der Waals surface area (Å²) < 4.78 is 24.5. The number of pyridine rings is 1. The minimum atomic E-state index is -2.82. The van der Waals surface area contributed by atoms with Crippen molar-refractivity contribution in [1.82, 2.24) is 4.98 Å². The van der Waals surface area contributed by atoms with E-state index in [-0.39, 0.29) is 36.0 Å². The van der Waals surface area contributed by atoms with Gasteiger partial charge in [0, 0.05) is 0 Å². The van der Waals surface area contributed by atoms with E-state index in [4.69, 9.17) is 11.6 Å². The molecule has 0 fully saturated rings. The average Bonchev–Trinajstić information content (AvgIpc) is 2.25. The van der Waals surface area contributed by atoms with E-state index in [1.807, 2.05) is 6.07 Å². The summed E-state index contributed by atoms with van der Waals surface area (Å²) in [4.78, 5) is 4.31. The van der Waals surface area contributed by atoms with Gasteiger partial charge in [-0.2, -0.15) is 0 Å². The molecule has 0 saturated heterocycles. The predicted octanol–water partition coefficient (Wildman–Crippen LogP) is 4.51. The summed E-state index contributed by atoms with van der Waals surface area (Å²) in [5.41, 5.74) is 1.19. The molecule has 0 aliphatic rings. The molecule has 18 heavy (non-hydrogen) atoms. The Morgan fingerprint density at radius 2 is 2.06 bits per heavy atom. The Bertz CT molecular complexity index is 598. The van der Waals surface area contributed by atoms with Gasteiger partial charge in [0.25, 0.3) is 0 Å². The zero-order chi connectivity index (χ0) is 13.5. The number of alkyl halides is 3. The molecule has 6 heteroatoms. The van der Waals surface area contributed by atoms with Gasteiger partial charge in [-0.3, -0.25) is 0 Å². The Labute approximate surface area is 132 Å². The van der Waals surface area contributed by atoms with Crippen LogP contribution in [0, 0.1) is 0 Å². The number of nitrogens with zero attached hydrogens (tertiary/aromatic N) is 1. The Kier molecular flexibility index (Phi) is 4.26. The molecule has 0 spiro atoms. The van der Waals surface area contributed by atoms with Gasteiger partial charge >= 0.3 is 133 Å². The van der Waals surface area contributed by atoms with Gasteiger partial charge in [-0.25, -0.2) is 0 Å². The standard InChI is InChI=1S/C12H8BrClF2N.Po/c1-6(14)10-3-2-7-4-9(13)8(12(15)16)5-11(7)17-10;/h2-6H,1H3;. The first-order chi connectivity index (χ1) is 8.29. The molecule has 0 amide bonds. The van der Waals surface area contributed by atoms with E-state index in [1.54, 1.807) is 19.1 Å². The van der Waals surface area contributed by atoms with Crippen LogP contribution in [0.15, 0.2) is 28.7 Å². The number of hydrogen-bond donors (Lipinski definition) is 0. The van der Waals surface area contributed by atoms with Crippen molar-refractivity contribution in [2.45, 2.75) is 15.9 Å². The molecule has 2 aromatic rings. The van der Waals surface area contributed by atoms with E-state index in [9.17, 15) is 8.78 Å². The van der Waals surface area contributed by atoms with Gasteiger partial charge < -0.3 is 0 Å². The van der Waals surface area contributed by atoms with Gasteiger partial charge in [-0.15, -0.1) is 0 Å². The summed E-state index contributed by atoms with van der Waals surface area (Å²) in [6.45, 7) is 1.80. The van der Waals surface area contributed by atoms with E-state index in [0.29, 0.717) is 15.7 Å². The van der Waals surface area contributed by atoms with Crippen LogP contribution in [0.4, 0.5) is 8.78 Å². The van der Waals surface area contributed by atoms with Gasteiger partial charge in [-0.05, 0) is 0 Å². The van der Waals surface area contributed by atoms with Crippen molar-refractivity contribution in [3.8, 4) is 0 Å².